The van der Waals surface area contributed by atoms with Crippen LogP contribution >= 0.6 is 11.8 Å². The molecule has 4 nitrogen and oxygen atoms in total. The van der Waals surface area contributed by atoms with Gasteiger partial charge in [-0.25, -0.2) is 17.5 Å². The largest absolute Gasteiger partial charge is 0.313 e. The van der Waals surface area contributed by atoms with Crippen molar-refractivity contribution in [1.82, 2.24) is 10.0 Å². The van der Waals surface area contributed by atoms with E-state index < -0.39 is 10.0 Å². The van der Waals surface area contributed by atoms with Crippen molar-refractivity contribution >= 4 is 21.8 Å². The Balaban J connectivity index is 3.03. The van der Waals surface area contributed by atoms with E-state index in [1.165, 1.54) is 12.1 Å². The zero-order valence-electron chi connectivity index (χ0n) is 12.9. The molecule has 120 valence electrons. The van der Waals surface area contributed by atoms with Crippen molar-refractivity contribution in [3.63, 3.8) is 0 Å². The monoisotopic (exact) mass is 334 g/mol. The van der Waals surface area contributed by atoms with Crippen LogP contribution in [0.2, 0.25) is 0 Å². The lowest BCUT2D eigenvalue weighted by molar-refractivity contribution is 0.573. The maximum absolute atomic E-state index is 14.0. The summed E-state index contributed by atoms with van der Waals surface area (Å²) in [5, 5.41) is 3.19. The Hall–Kier alpha value is -0.630. The van der Waals surface area contributed by atoms with Crippen molar-refractivity contribution in [2.45, 2.75) is 37.5 Å². The molecular weight excluding hydrogens is 311 g/mol. The number of benzene rings is 1. The lowest BCUT2D eigenvalue weighted by atomic mass is 10.1. The third-order valence-electron chi connectivity index (χ3n) is 3.14. The second kappa shape index (κ2) is 8.12. The lowest BCUT2D eigenvalue weighted by Gasteiger charge is -2.13. The molecule has 0 saturated carbocycles. The van der Waals surface area contributed by atoms with Gasteiger partial charge in [0.15, 0.2) is 0 Å². The smallest absolute Gasteiger partial charge is 0.240 e. The first-order valence-electron chi connectivity index (χ1n) is 6.84. The van der Waals surface area contributed by atoms with Crippen LogP contribution in [0, 0.1) is 12.7 Å². The molecule has 7 heteroatoms. The first kappa shape index (κ1) is 18.4. The number of rotatable bonds is 8. The molecule has 1 aromatic carbocycles. The van der Waals surface area contributed by atoms with E-state index >= 15 is 0 Å². The fraction of sp³-hybridized carbons (Fsp3) is 0.571. The highest BCUT2D eigenvalue weighted by atomic mass is 32.2. The first-order chi connectivity index (χ1) is 9.81. The Morgan fingerprint density at radius 1 is 1.38 bits per heavy atom. The molecule has 0 aliphatic heterocycles. The third-order valence-corrected chi connectivity index (χ3v) is 5.52. The Bertz CT molecular complexity index is 577. The van der Waals surface area contributed by atoms with Gasteiger partial charge in [-0.3, -0.25) is 0 Å². The van der Waals surface area contributed by atoms with Crippen molar-refractivity contribution in [1.29, 1.82) is 0 Å². The van der Waals surface area contributed by atoms with Gasteiger partial charge in [0.05, 0.1) is 4.90 Å². The van der Waals surface area contributed by atoms with Gasteiger partial charge < -0.3 is 5.32 Å². The van der Waals surface area contributed by atoms with Gasteiger partial charge in [-0.1, -0.05) is 13.8 Å². The summed E-state index contributed by atoms with van der Waals surface area (Å²) in [4.78, 5) is 0.114. The molecule has 1 aromatic rings. The third kappa shape index (κ3) is 5.25. The van der Waals surface area contributed by atoms with Gasteiger partial charge >= 0.3 is 0 Å². The minimum atomic E-state index is -3.61. The fourth-order valence-electron chi connectivity index (χ4n) is 1.74. The van der Waals surface area contributed by atoms with E-state index in [1.807, 2.05) is 20.1 Å². The van der Waals surface area contributed by atoms with Crippen LogP contribution in [0.3, 0.4) is 0 Å². The Labute approximate surface area is 131 Å². The summed E-state index contributed by atoms with van der Waals surface area (Å²) in [5.74, 6) is -0.354. The molecule has 0 bridgehead atoms. The highest BCUT2D eigenvalue weighted by Gasteiger charge is 2.18. The molecule has 0 aromatic heterocycles. The molecule has 0 fully saturated rings. The Morgan fingerprint density at radius 2 is 2.05 bits per heavy atom. The predicted molar refractivity (Wildman–Crippen MR) is 86.7 cm³/mol. The normalized spacial score (nSPS) is 13.4. The second-order valence-corrected chi connectivity index (χ2v) is 7.93. The summed E-state index contributed by atoms with van der Waals surface area (Å²) in [7, 11) is -3.61. The molecular formula is C14H23FN2O2S2. The second-order valence-electron chi connectivity index (χ2n) is 4.89. The van der Waals surface area contributed by atoms with E-state index in [2.05, 4.69) is 10.0 Å². The molecule has 2 N–H and O–H groups in total. The van der Waals surface area contributed by atoms with Crippen LogP contribution in [-0.4, -0.2) is 33.0 Å². The number of hydrogen-bond acceptors (Lipinski definition) is 4. The molecule has 1 atom stereocenters. The van der Waals surface area contributed by atoms with Gasteiger partial charge in [0.2, 0.25) is 10.0 Å². The number of thioether (sulfide) groups is 1. The van der Waals surface area contributed by atoms with Crippen LogP contribution in [-0.2, 0) is 16.6 Å². The molecule has 0 saturated heterocycles. The van der Waals surface area contributed by atoms with Gasteiger partial charge in [0.1, 0.15) is 5.82 Å². The molecule has 0 heterocycles. The van der Waals surface area contributed by atoms with Crippen molar-refractivity contribution in [2.75, 3.05) is 19.3 Å². The number of halogens is 1. The van der Waals surface area contributed by atoms with Gasteiger partial charge in [-0.05, 0) is 37.4 Å². The van der Waals surface area contributed by atoms with Crippen molar-refractivity contribution in [3.8, 4) is 0 Å². The highest BCUT2D eigenvalue weighted by Crippen LogP contribution is 2.19. The number of aryl methyl sites for hydroxylation is 1. The molecule has 1 rings (SSSR count). The molecule has 0 aliphatic carbocycles. The van der Waals surface area contributed by atoms with Gasteiger partial charge in [-0.2, -0.15) is 11.8 Å². The summed E-state index contributed by atoms with van der Waals surface area (Å²) in [6.45, 7) is 6.79. The average molecular weight is 334 g/mol. The number of sulfonamides is 1. The molecule has 1 unspecified atom stereocenters. The maximum Gasteiger partial charge on any atom is 0.240 e. The lowest BCUT2D eigenvalue weighted by Crippen LogP contribution is -2.29. The van der Waals surface area contributed by atoms with Gasteiger partial charge in [-0.15, -0.1) is 0 Å². The van der Waals surface area contributed by atoms with E-state index in [0.717, 1.165) is 0 Å². The minimum Gasteiger partial charge on any atom is -0.313 e. The summed E-state index contributed by atoms with van der Waals surface area (Å²) in [6.07, 6.45) is 1.93. The van der Waals surface area contributed by atoms with E-state index in [1.54, 1.807) is 18.7 Å². The predicted octanol–water partition coefficient (Wildman–Crippen LogP) is 2.27. The topological polar surface area (TPSA) is 58.2 Å². The van der Waals surface area contributed by atoms with Gasteiger partial charge in [0, 0.05) is 23.9 Å². The fourth-order valence-corrected chi connectivity index (χ4v) is 3.36. The van der Waals surface area contributed by atoms with Crippen LogP contribution < -0.4 is 10.0 Å². The molecule has 0 aliphatic rings. The Morgan fingerprint density at radius 3 is 2.62 bits per heavy atom. The summed E-state index contributed by atoms with van der Waals surface area (Å²) in [5.41, 5.74) is 0.707. The van der Waals surface area contributed by atoms with E-state index in [-0.39, 0.29) is 16.0 Å². The van der Waals surface area contributed by atoms with Gasteiger partial charge in [0.25, 0.3) is 0 Å². The first-order valence-corrected chi connectivity index (χ1v) is 9.61. The molecule has 0 spiro atoms. The van der Waals surface area contributed by atoms with Crippen LogP contribution in [0.25, 0.3) is 0 Å². The van der Waals surface area contributed by atoms with Crippen LogP contribution in [0.5, 0.6) is 0 Å². The highest BCUT2D eigenvalue weighted by molar-refractivity contribution is 7.99. The minimum absolute atomic E-state index is 0.114. The van der Waals surface area contributed by atoms with E-state index in [9.17, 15) is 12.8 Å². The summed E-state index contributed by atoms with van der Waals surface area (Å²) >= 11 is 1.58. The van der Waals surface area contributed by atoms with Crippen molar-refractivity contribution in [3.05, 3.63) is 29.1 Å². The molecule has 0 amide bonds. The zero-order chi connectivity index (χ0) is 16.0. The van der Waals surface area contributed by atoms with Crippen molar-refractivity contribution in [2.24, 2.45) is 0 Å². The average Bonchev–Trinajstić information content (AvgIpc) is 2.46. The van der Waals surface area contributed by atoms with Crippen LogP contribution in [0.1, 0.15) is 25.0 Å². The number of nitrogens with one attached hydrogen (secondary N) is 2. The van der Waals surface area contributed by atoms with Crippen molar-refractivity contribution < 1.29 is 12.8 Å². The summed E-state index contributed by atoms with van der Waals surface area (Å²) < 4.78 is 41.1. The van der Waals surface area contributed by atoms with Crippen LogP contribution in [0.15, 0.2) is 17.0 Å². The Kier molecular flexibility index (Phi) is 7.12. The quantitative estimate of drug-likeness (QED) is 0.766. The SMILES string of the molecule is CCNCc1cc(S(=O)(=O)NCC(C)SC)cc(C)c1F. The van der Waals surface area contributed by atoms with Crippen LogP contribution in [0.4, 0.5) is 4.39 Å². The summed E-state index contributed by atoms with van der Waals surface area (Å²) in [6, 6.07) is 2.77. The maximum atomic E-state index is 14.0. The standard InChI is InChI=1S/C14H23FN2O2S2/c1-5-16-9-12-7-13(6-10(2)14(12)15)21(18,19)17-8-11(3)20-4/h6-7,11,16-17H,5,8-9H2,1-4H3. The number of hydrogen-bond donors (Lipinski definition) is 2. The molecule has 21 heavy (non-hydrogen) atoms. The van der Waals surface area contributed by atoms with E-state index in [0.29, 0.717) is 30.8 Å². The van der Waals surface area contributed by atoms with E-state index in [4.69, 9.17) is 0 Å². The molecule has 0 radical (unpaired) electrons. The zero-order valence-corrected chi connectivity index (χ0v) is 14.5.